The Balaban J connectivity index is 1.73. The van der Waals surface area contributed by atoms with Crippen molar-refractivity contribution in [3.05, 3.63) is 29.8 Å². The van der Waals surface area contributed by atoms with Crippen molar-refractivity contribution < 1.29 is 19.5 Å². The molecule has 0 spiro atoms. The number of hydrogen-bond acceptors (Lipinski definition) is 3. The quantitative estimate of drug-likeness (QED) is 0.837. The highest BCUT2D eigenvalue weighted by Crippen LogP contribution is 2.52. The van der Waals surface area contributed by atoms with Gasteiger partial charge in [-0.2, -0.15) is 0 Å². The first kappa shape index (κ1) is 14.8. The van der Waals surface area contributed by atoms with Gasteiger partial charge in [0.25, 0.3) is 0 Å². The molecule has 2 N–H and O–H groups in total. The zero-order chi connectivity index (χ0) is 15.9. The van der Waals surface area contributed by atoms with Crippen LogP contribution in [0.4, 0.5) is 5.69 Å². The van der Waals surface area contributed by atoms with Crippen LogP contribution in [0.2, 0.25) is 0 Å². The molecule has 2 fully saturated rings. The molecule has 2 bridgehead atoms. The van der Waals surface area contributed by atoms with E-state index < -0.39 is 17.8 Å². The van der Waals surface area contributed by atoms with E-state index >= 15 is 0 Å². The molecule has 1 amide bonds. The third kappa shape index (κ3) is 2.51. The second kappa shape index (κ2) is 5.55. The Morgan fingerprint density at radius 2 is 1.64 bits per heavy atom. The first-order valence-corrected chi connectivity index (χ1v) is 7.62. The summed E-state index contributed by atoms with van der Waals surface area (Å²) in [7, 11) is 0. The minimum atomic E-state index is -0.862. The van der Waals surface area contributed by atoms with Crippen molar-refractivity contribution >= 4 is 23.3 Å². The van der Waals surface area contributed by atoms with Gasteiger partial charge in [0.2, 0.25) is 5.91 Å². The molecule has 5 nitrogen and oxygen atoms in total. The van der Waals surface area contributed by atoms with Gasteiger partial charge >= 0.3 is 5.97 Å². The lowest BCUT2D eigenvalue weighted by Gasteiger charge is -2.27. The van der Waals surface area contributed by atoms with Crippen molar-refractivity contribution in [2.45, 2.75) is 26.2 Å². The maximum atomic E-state index is 12.5. The van der Waals surface area contributed by atoms with Crippen LogP contribution in [0.15, 0.2) is 24.3 Å². The highest BCUT2D eigenvalue weighted by molar-refractivity contribution is 5.97. The van der Waals surface area contributed by atoms with Crippen molar-refractivity contribution in [3.63, 3.8) is 0 Å². The van der Waals surface area contributed by atoms with Crippen LogP contribution in [0, 0.1) is 23.7 Å². The van der Waals surface area contributed by atoms with Crippen LogP contribution in [0.25, 0.3) is 0 Å². The van der Waals surface area contributed by atoms with Crippen molar-refractivity contribution in [1.29, 1.82) is 0 Å². The summed E-state index contributed by atoms with van der Waals surface area (Å²) < 4.78 is 0. The second-order valence-corrected chi connectivity index (χ2v) is 6.35. The summed E-state index contributed by atoms with van der Waals surface area (Å²) in [5, 5.41) is 12.2. The van der Waals surface area contributed by atoms with Gasteiger partial charge in [0.1, 0.15) is 0 Å². The van der Waals surface area contributed by atoms with Gasteiger partial charge in [-0.15, -0.1) is 0 Å². The maximum Gasteiger partial charge on any atom is 0.307 e. The Kier molecular flexibility index (Phi) is 3.72. The van der Waals surface area contributed by atoms with Crippen LogP contribution in [-0.4, -0.2) is 22.8 Å². The van der Waals surface area contributed by atoms with Crippen molar-refractivity contribution in [3.8, 4) is 0 Å². The lowest BCUT2D eigenvalue weighted by Crippen LogP contribution is -2.37. The van der Waals surface area contributed by atoms with E-state index in [0.29, 0.717) is 11.3 Å². The number of benzene rings is 1. The second-order valence-electron chi connectivity index (χ2n) is 6.35. The van der Waals surface area contributed by atoms with Crippen LogP contribution in [0.1, 0.15) is 36.5 Å². The number of carboxylic acids is 1. The molecule has 0 heterocycles. The number of hydrogen-bond donors (Lipinski definition) is 2. The molecular formula is C17H19NO4. The number of aliphatic carboxylic acids is 1. The SMILES string of the molecule is CC(=O)c1ccc(NC(=O)[C@@H]2[C@H]3CC[C@@H](C3)[C@H]2C(=O)O)cc1. The zero-order valence-corrected chi connectivity index (χ0v) is 12.4. The predicted octanol–water partition coefficient (Wildman–Crippen LogP) is 2.57. The normalized spacial score (nSPS) is 29.3. The summed E-state index contributed by atoms with van der Waals surface area (Å²) >= 11 is 0. The number of amides is 1. The average molecular weight is 301 g/mol. The Bertz CT molecular complexity index is 622. The molecule has 4 atom stereocenters. The summed E-state index contributed by atoms with van der Waals surface area (Å²) in [6.07, 6.45) is 2.70. The monoisotopic (exact) mass is 301 g/mol. The lowest BCUT2D eigenvalue weighted by atomic mass is 9.78. The fraction of sp³-hybridized carbons (Fsp3) is 0.471. The molecule has 116 valence electrons. The zero-order valence-electron chi connectivity index (χ0n) is 12.4. The molecule has 0 saturated heterocycles. The van der Waals surface area contributed by atoms with E-state index in [0.717, 1.165) is 19.3 Å². The number of carbonyl (C=O) groups is 3. The molecule has 5 heteroatoms. The van der Waals surface area contributed by atoms with Crippen LogP contribution < -0.4 is 5.32 Å². The molecule has 1 aromatic rings. The molecule has 22 heavy (non-hydrogen) atoms. The average Bonchev–Trinajstić information content (AvgIpc) is 3.08. The predicted molar refractivity (Wildman–Crippen MR) is 80.5 cm³/mol. The van der Waals surface area contributed by atoms with Crippen molar-refractivity contribution in [1.82, 2.24) is 0 Å². The summed E-state index contributed by atoms with van der Waals surface area (Å²) in [5.74, 6) is -1.79. The molecule has 0 aliphatic heterocycles. The van der Waals surface area contributed by atoms with Gasteiger partial charge in [-0.1, -0.05) is 0 Å². The molecule has 3 rings (SSSR count). The number of carbonyl (C=O) groups excluding carboxylic acids is 2. The van der Waals surface area contributed by atoms with Gasteiger partial charge < -0.3 is 10.4 Å². The highest BCUT2D eigenvalue weighted by Gasteiger charge is 2.53. The minimum Gasteiger partial charge on any atom is -0.481 e. The first-order valence-electron chi connectivity index (χ1n) is 7.62. The number of ketones is 1. The molecule has 2 saturated carbocycles. The number of rotatable bonds is 4. The summed E-state index contributed by atoms with van der Waals surface area (Å²) in [6.45, 7) is 1.49. The van der Waals surface area contributed by atoms with E-state index in [4.69, 9.17) is 0 Å². The van der Waals surface area contributed by atoms with Gasteiger partial charge in [-0.25, -0.2) is 0 Å². The first-order chi connectivity index (χ1) is 10.5. The van der Waals surface area contributed by atoms with E-state index in [9.17, 15) is 19.5 Å². The lowest BCUT2D eigenvalue weighted by molar-refractivity contribution is -0.148. The number of carboxylic acid groups (broad SMARTS) is 1. The third-order valence-corrected chi connectivity index (χ3v) is 5.06. The van der Waals surface area contributed by atoms with E-state index in [-0.39, 0.29) is 23.5 Å². The summed E-state index contributed by atoms with van der Waals surface area (Å²) in [4.78, 5) is 35.2. The van der Waals surface area contributed by atoms with Gasteiger partial charge in [-0.3, -0.25) is 14.4 Å². The molecular weight excluding hydrogens is 282 g/mol. The van der Waals surface area contributed by atoms with Gasteiger partial charge in [0, 0.05) is 11.3 Å². The smallest absolute Gasteiger partial charge is 0.307 e. The van der Waals surface area contributed by atoms with Crippen molar-refractivity contribution in [2.75, 3.05) is 5.32 Å². The van der Waals surface area contributed by atoms with Crippen LogP contribution >= 0.6 is 0 Å². The molecule has 0 aromatic heterocycles. The van der Waals surface area contributed by atoms with Gasteiger partial charge in [-0.05, 0) is 62.3 Å². The number of Topliss-reactive ketones (excluding diaryl/α,β-unsaturated/α-hetero) is 1. The van der Waals surface area contributed by atoms with Crippen molar-refractivity contribution in [2.24, 2.45) is 23.7 Å². The van der Waals surface area contributed by atoms with Crippen LogP contribution in [-0.2, 0) is 9.59 Å². The fourth-order valence-corrected chi connectivity index (χ4v) is 4.04. The van der Waals surface area contributed by atoms with Gasteiger partial charge in [0.15, 0.2) is 5.78 Å². The minimum absolute atomic E-state index is 0.0306. The summed E-state index contributed by atoms with van der Waals surface area (Å²) in [5.41, 5.74) is 1.18. The van der Waals surface area contributed by atoms with E-state index in [1.807, 2.05) is 0 Å². The molecule has 0 radical (unpaired) electrons. The largest absolute Gasteiger partial charge is 0.481 e. The molecule has 1 aromatic carbocycles. The Morgan fingerprint density at radius 1 is 1.05 bits per heavy atom. The Hall–Kier alpha value is -2.17. The van der Waals surface area contributed by atoms with Crippen LogP contribution in [0.3, 0.4) is 0 Å². The summed E-state index contributed by atoms with van der Waals surface area (Å²) in [6, 6.07) is 6.68. The Morgan fingerprint density at radius 3 is 2.18 bits per heavy atom. The number of anilines is 1. The van der Waals surface area contributed by atoms with Gasteiger partial charge in [0.05, 0.1) is 11.8 Å². The molecule has 0 unspecified atom stereocenters. The maximum absolute atomic E-state index is 12.5. The third-order valence-electron chi connectivity index (χ3n) is 5.06. The molecule has 2 aliphatic carbocycles. The number of fused-ring (bicyclic) bond motifs is 2. The fourth-order valence-electron chi connectivity index (χ4n) is 4.04. The topological polar surface area (TPSA) is 83.5 Å². The van der Waals surface area contributed by atoms with E-state index in [1.165, 1.54) is 6.92 Å². The molecule has 2 aliphatic rings. The highest BCUT2D eigenvalue weighted by atomic mass is 16.4. The van der Waals surface area contributed by atoms with Crippen LogP contribution in [0.5, 0.6) is 0 Å². The Labute approximate surface area is 128 Å². The van der Waals surface area contributed by atoms with E-state index in [1.54, 1.807) is 24.3 Å². The standard InChI is InChI=1S/C17H19NO4/c1-9(19)10-4-6-13(7-5-10)18-16(20)14-11-2-3-12(8-11)15(14)17(21)22/h4-7,11-12,14-15H,2-3,8H2,1H3,(H,18,20)(H,21,22)/t11-,12-,14+,15+/m0/s1. The van der Waals surface area contributed by atoms with E-state index in [2.05, 4.69) is 5.32 Å². The number of nitrogens with one attached hydrogen (secondary N) is 1.